The first-order valence-corrected chi connectivity index (χ1v) is 17.6. The molecule has 51 heavy (non-hydrogen) atoms. The van der Waals surface area contributed by atoms with Gasteiger partial charge in [-0.2, -0.15) is 5.10 Å². The van der Waals surface area contributed by atoms with Crippen molar-refractivity contribution in [1.82, 2.24) is 0 Å². The van der Waals surface area contributed by atoms with E-state index in [0.717, 1.165) is 17.0 Å². The van der Waals surface area contributed by atoms with Crippen LogP contribution in [0.4, 0.5) is 5.69 Å². The van der Waals surface area contributed by atoms with Gasteiger partial charge in [0.15, 0.2) is 0 Å². The van der Waals surface area contributed by atoms with Crippen molar-refractivity contribution in [2.75, 3.05) is 5.01 Å². The summed E-state index contributed by atoms with van der Waals surface area (Å²) in [5.41, 5.74) is 13.3. The smallest absolute Gasteiger partial charge is 0.0970 e. The van der Waals surface area contributed by atoms with E-state index in [1.165, 1.54) is 50.1 Å². The predicted octanol–water partition coefficient (Wildman–Crippen LogP) is 11.9. The van der Waals surface area contributed by atoms with Crippen LogP contribution in [0.3, 0.4) is 0 Å². The Labute approximate surface area is 300 Å². The molecule has 0 amide bonds. The first-order valence-electron chi connectivity index (χ1n) is 17.6. The van der Waals surface area contributed by atoms with Crippen molar-refractivity contribution in [3.05, 3.63) is 246 Å². The quantitative estimate of drug-likeness (QED) is 0.167. The lowest BCUT2D eigenvalue weighted by molar-refractivity contribution is 0.558. The third-order valence-electron chi connectivity index (χ3n) is 10.2. The number of hydrazone groups is 1. The van der Waals surface area contributed by atoms with Crippen LogP contribution in [0.25, 0.3) is 22.3 Å². The summed E-state index contributed by atoms with van der Waals surface area (Å²) in [5.74, 6) is 0. The van der Waals surface area contributed by atoms with E-state index < -0.39 is 5.41 Å². The Hall–Kier alpha value is -6.51. The highest BCUT2D eigenvalue weighted by Gasteiger charge is 2.62. The van der Waals surface area contributed by atoms with Gasteiger partial charge in [0.25, 0.3) is 0 Å². The summed E-state index contributed by atoms with van der Waals surface area (Å²) >= 11 is 0. The van der Waals surface area contributed by atoms with Crippen LogP contribution >= 0.6 is 0 Å². The number of rotatable bonds is 7. The summed E-state index contributed by atoms with van der Waals surface area (Å²) < 4.78 is 0. The number of benzene rings is 7. The van der Waals surface area contributed by atoms with Crippen molar-refractivity contribution < 1.29 is 0 Å². The van der Waals surface area contributed by atoms with E-state index in [0.29, 0.717) is 0 Å². The van der Waals surface area contributed by atoms with Crippen LogP contribution in [0.15, 0.2) is 217 Å². The van der Waals surface area contributed by atoms with E-state index in [9.17, 15) is 0 Å². The molecule has 1 atom stereocenters. The molecule has 1 aliphatic heterocycles. The average Bonchev–Trinajstić information content (AvgIpc) is 3.73. The molecule has 7 aromatic rings. The first kappa shape index (κ1) is 30.5. The van der Waals surface area contributed by atoms with Crippen LogP contribution in [0.2, 0.25) is 0 Å². The van der Waals surface area contributed by atoms with Crippen molar-refractivity contribution in [2.24, 2.45) is 10.5 Å². The van der Waals surface area contributed by atoms with E-state index in [1.807, 2.05) is 0 Å². The molecular weight excluding hydrogens is 617 g/mol. The molecule has 0 saturated carbocycles. The van der Waals surface area contributed by atoms with Gasteiger partial charge in [-0.3, -0.25) is 5.01 Å². The Balaban J connectivity index is 1.55. The number of hydrogen-bond donors (Lipinski definition) is 0. The Morgan fingerprint density at radius 1 is 0.353 bits per heavy atom. The number of allylic oxidation sites excluding steroid dienone is 2. The van der Waals surface area contributed by atoms with E-state index in [1.54, 1.807) is 0 Å². The molecule has 1 aliphatic carbocycles. The summed E-state index contributed by atoms with van der Waals surface area (Å²) in [7, 11) is 0. The Bertz CT molecular complexity index is 2270. The normalized spacial score (nSPS) is 16.5. The highest BCUT2D eigenvalue weighted by Crippen LogP contribution is 2.70. The molecule has 9 rings (SSSR count). The lowest BCUT2D eigenvalue weighted by Gasteiger charge is -2.41. The second-order valence-electron chi connectivity index (χ2n) is 13.1. The fourth-order valence-corrected chi connectivity index (χ4v) is 8.27. The van der Waals surface area contributed by atoms with E-state index in [4.69, 9.17) is 5.10 Å². The maximum Gasteiger partial charge on any atom is 0.0970 e. The fourth-order valence-electron chi connectivity index (χ4n) is 8.27. The molecule has 1 unspecified atom stereocenters. The average molecular weight is 653 g/mol. The Morgan fingerprint density at radius 3 is 1.10 bits per heavy atom. The SMILES string of the molecule is c1ccc(C2=NN(c3ccccc3)C(c3ccccc3)C23C(c2ccccc2)=C(c2ccccc2)C(c2ccccc2)=C3c2ccccc2)cc1. The topological polar surface area (TPSA) is 15.6 Å². The molecule has 0 N–H and O–H groups in total. The minimum Gasteiger partial charge on any atom is -0.256 e. The van der Waals surface area contributed by atoms with Crippen molar-refractivity contribution in [1.29, 1.82) is 0 Å². The van der Waals surface area contributed by atoms with Gasteiger partial charge in [-0.25, -0.2) is 0 Å². The highest BCUT2D eigenvalue weighted by atomic mass is 15.5. The van der Waals surface area contributed by atoms with Gasteiger partial charge in [-0.05, 0) is 67.8 Å². The minimum absolute atomic E-state index is 0.235. The van der Waals surface area contributed by atoms with Crippen LogP contribution < -0.4 is 5.01 Å². The van der Waals surface area contributed by atoms with Gasteiger partial charge in [-0.1, -0.05) is 200 Å². The summed E-state index contributed by atoms with van der Waals surface area (Å²) in [4.78, 5) is 0. The molecule has 0 bridgehead atoms. The lowest BCUT2D eigenvalue weighted by atomic mass is 9.61. The Kier molecular flexibility index (Phi) is 7.83. The second-order valence-corrected chi connectivity index (χ2v) is 13.1. The molecule has 0 fully saturated rings. The minimum atomic E-state index is -0.766. The maximum absolute atomic E-state index is 5.81. The van der Waals surface area contributed by atoms with E-state index >= 15 is 0 Å². The molecule has 0 aromatic heterocycles. The zero-order valence-corrected chi connectivity index (χ0v) is 28.2. The molecule has 0 radical (unpaired) electrons. The zero-order chi connectivity index (χ0) is 34.0. The van der Waals surface area contributed by atoms with Crippen LogP contribution in [-0.2, 0) is 0 Å². The van der Waals surface area contributed by atoms with Crippen molar-refractivity contribution in [3.8, 4) is 0 Å². The van der Waals surface area contributed by atoms with Crippen molar-refractivity contribution in [2.45, 2.75) is 6.04 Å². The standard InChI is InChI=1S/C49H36N2/c1-8-22-36(23-9-1)43-44(37-24-10-2-11-25-37)46(39-28-14-4-15-29-39)49(45(43)38-26-12-3-13-27-38)47(40-30-16-5-17-31-40)50-51(42-34-20-7-21-35-42)48(49)41-32-18-6-19-33-41/h1-35,48H. The van der Waals surface area contributed by atoms with Crippen LogP contribution in [0.1, 0.15) is 39.4 Å². The summed E-state index contributed by atoms with van der Waals surface area (Å²) in [6, 6.07) is 76.2. The van der Waals surface area contributed by atoms with E-state index in [-0.39, 0.29) is 6.04 Å². The van der Waals surface area contributed by atoms with Gasteiger partial charge in [0.2, 0.25) is 0 Å². The third-order valence-corrected chi connectivity index (χ3v) is 10.2. The third kappa shape index (κ3) is 5.07. The number of hydrogen-bond acceptors (Lipinski definition) is 2. The molecular formula is C49H36N2. The van der Waals surface area contributed by atoms with Crippen LogP contribution in [-0.4, -0.2) is 5.71 Å². The molecule has 1 spiro atoms. The fraction of sp³-hybridized carbons (Fsp3) is 0.0408. The molecule has 1 heterocycles. The molecule has 7 aromatic carbocycles. The number of nitrogens with zero attached hydrogens (tertiary/aromatic N) is 2. The molecule has 2 aliphatic rings. The van der Waals surface area contributed by atoms with Crippen LogP contribution in [0, 0.1) is 5.41 Å². The van der Waals surface area contributed by atoms with Crippen LogP contribution in [0.5, 0.6) is 0 Å². The summed E-state index contributed by atoms with van der Waals surface area (Å²) in [6.07, 6.45) is 0. The molecule has 242 valence electrons. The van der Waals surface area contributed by atoms with Gasteiger partial charge in [0.1, 0.15) is 0 Å². The van der Waals surface area contributed by atoms with Gasteiger partial charge in [0, 0.05) is 0 Å². The van der Waals surface area contributed by atoms with Crippen molar-refractivity contribution >= 4 is 33.7 Å². The zero-order valence-electron chi connectivity index (χ0n) is 28.2. The number of anilines is 1. The maximum atomic E-state index is 5.81. The lowest BCUT2D eigenvalue weighted by Crippen LogP contribution is -2.39. The van der Waals surface area contributed by atoms with Gasteiger partial charge >= 0.3 is 0 Å². The molecule has 2 nitrogen and oxygen atoms in total. The monoisotopic (exact) mass is 652 g/mol. The highest BCUT2D eigenvalue weighted by molar-refractivity contribution is 6.38. The summed E-state index contributed by atoms with van der Waals surface area (Å²) in [6.45, 7) is 0. The van der Waals surface area contributed by atoms with Crippen molar-refractivity contribution in [3.63, 3.8) is 0 Å². The van der Waals surface area contributed by atoms with Gasteiger partial charge in [-0.15, -0.1) is 0 Å². The second kappa shape index (κ2) is 13.1. The molecule has 0 saturated heterocycles. The summed E-state index contributed by atoms with van der Waals surface area (Å²) in [5, 5.41) is 8.10. The van der Waals surface area contributed by atoms with Gasteiger partial charge < -0.3 is 0 Å². The van der Waals surface area contributed by atoms with E-state index in [2.05, 4.69) is 217 Å². The van der Waals surface area contributed by atoms with Gasteiger partial charge in [0.05, 0.1) is 22.9 Å². The Morgan fingerprint density at radius 2 is 0.686 bits per heavy atom. The molecule has 2 heteroatoms. The first-order chi connectivity index (χ1) is 25.4. The largest absolute Gasteiger partial charge is 0.256 e. The number of para-hydroxylation sites is 1. The predicted molar refractivity (Wildman–Crippen MR) is 213 cm³/mol.